The van der Waals surface area contributed by atoms with Gasteiger partial charge in [0.25, 0.3) is 5.89 Å². The zero-order valence-electron chi connectivity index (χ0n) is 12.1. The zero-order valence-corrected chi connectivity index (χ0v) is 12.1. The van der Waals surface area contributed by atoms with Crippen molar-refractivity contribution in [2.45, 2.75) is 33.3 Å². The number of aromatic nitrogens is 2. The largest absolute Gasteiger partial charge is 0.490 e. The lowest BCUT2D eigenvalue weighted by atomic mass is 10.2. The maximum atomic E-state index is 8.90. The van der Waals surface area contributed by atoms with Gasteiger partial charge in [0, 0.05) is 12.5 Å². The fraction of sp³-hybridized carbons (Fsp3) is 0.400. The fourth-order valence-corrected chi connectivity index (χ4v) is 1.78. The predicted molar refractivity (Wildman–Crippen MR) is 75.0 cm³/mol. The molecule has 0 aliphatic heterocycles. The molecular weight excluding hydrogens is 270 g/mol. The molecule has 2 rings (SSSR count). The third kappa shape index (κ3) is 3.96. The van der Waals surface area contributed by atoms with Crippen molar-refractivity contribution in [2.75, 3.05) is 6.61 Å². The van der Waals surface area contributed by atoms with E-state index in [4.69, 9.17) is 19.3 Å². The summed E-state index contributed by atoms with van der Waals surface area (Å²) in [5, 5.41) is 12.8. The summed E-state index contributed by atoms with van der Waals surface area (Å²) in [6, 6.07) is 7.09. The van der Waals surface area contributed by atoms with Crippen LogP contribution in [0.5, 0.6) is 11.5 Å². The average Bonchev–Trinajstić information content (AvgIpc) is 2.94. The molecule has 1 heterocycles. The van der Waals surface area contributed by atoms with Gasteiger partial charge in [0.1, 0.15) is 0 Å². The first-order valence-corrected chi connectivity index (χ1v) is 6.88. The lowest BCUT2D eigenvalue weighted by molar-refractivity contribution is 0.228. The van der Waals surface area contributed by atoms with E-state index in [0.29, 0.717) is 35.4 Å². The van der Waals surface area contributed by atoms with Gasteiger partial charge < -0.3 is 14.0 Å². The van der Waals surface area contributed by atoms with Crippen molar-refractivity contribution in [3.8, 4) is 17.6 Å². The molecule has 0 amide bonds. The number of benzene rings is 1. The zero-order chi connectivity index (χ0) is 15.1. The molecule has 21 heavy (non-hydrogen) atoms. The van der Waals surface area contributed by atoms with Gasteiger partial charge in [0.05, 0.1) is 18.2 Å². The molecule has 0 spiro atoms. The lowest BCUT2D eigenvalue weighted by Gasteiger charge is -2.10. The Morgan fingerprint density at radius 3 is 2.81 bits per heavy atom. The molecule has 1 aromatic heterocycles. The van der Waals surface area contributed by atoms with Crippen LogP contribution in [-0.4, -0.2) is 16.7 Å². The number of rotatable bonds is 7. The maximum Gasteiger partial charge on any atom is 0.264 e. The summed E-state index contributed by atoms with van der Waals surface area (Å²) in [6.07, 6.45) is 1.74. The summed E-state index contributed by atoms with van der Waals surface area (Å²) in [7, 11) is 0. The molecule has 0 aliphatic carbocycles. The van der Waals surface area contributed by atoms with Crippen molar-refractivity contribution < 1.29 is 14.0 Å². The minimum absolute atomic E-state index is 0.169. The van der Waals surface area contributed by atoms with Crippen LogP contribution < -0.4 is 9.47 Å². The molecule has 6 heteroatoms. The van der Waals surface area contributed by atoms with Crippen LogP contribution in [0.15, 0.2) is 22.7 Å². The van der Waals surface area contributed by atoms with E-state index >= 15 is 0 Å². The van der Waals surface area contributed by atoms with Crippen LogP contribution >= 0.6 is 0 Å². The number of hydrogen-bond acceptors (Lipinski definition) is 6. The van der Waals surface area contributed by atoms with Gasteiger partial charge in [-0.25, -0.2) is 0 Å². The highest BCUT2D eigenvalue weighted by Crippen LogP contribution is 2.28. The number of ether oxygens (including phenoxy) is 2. The molecular formula is C15H17N3O3. The highest BCUT2D eigenvalue weighted by Gasteiger charge is 2.10. The summed E-state index contributed by atoms with van der Waals surface area (Å²) in [4.78, 5) is 4.23. The smallest absolute Gasteiger partial charge is 0.264 e. The maximum absolute atomic E-state index is 8.90. The van der Waals surface area contributed by atoms with E-state index < -0.39 is 0 Å². The van der Waals surface area contributed by atoms with Gasteiger partial charge >= 0.3 is 0 Å². The van der Waals surface area contributed by atoms with Gasteiger partial charge in [-0.1, -0.05) is 12.1 Å². The number of aryl methyl sites for hydroxylation is 1. The molecule has 0 saturated carbocycles. The Balaban J connectivity index is 2.06. The number of nitrogens with zero attached hydrogens (tertiary/aromatic N) is 3. The highest BCUT2D eigenvalue weighted by molar-refractivity contribution is 5.46. The summed E-state index contributed by atoms with van der Waals surface area (Å²) in [6.45, 7) is 4.59. The molecule has 1 aromatic carbocycles. The van der Waals surface area contributed by atoms with Gasteiger partial charge in [-0.2, -0.15) is 10.2 Å². The van der Waals surface area contributed by atoms with Crippen LogP contribution in [0.25, 0.3) is 0 Å². The molecule has 0 radical (unpaired) electrons. The van der Waals surface area contributed by atoms with E-state index in [9.17, 15) is 0 Å². The van der Waals surface area contributed by atoms with Crippen molar-refractivity contribution in [3.05, 3.63) is 35.5 Å². The van der Waals surface area contributed by atoms with E-state index in [1.54, 1.807) is 18.2 Å². The van der Waals surface area contributed by atoms with Crippen LogP contribution in [-0.2, 0) is 13.0 Å². The third-order valence-corrected chi connectivity index (χ3v) is 2.71. The first-order valence-electron chi connectivity index (χ1n) is 6.88. The molecule has 0 atom stereocenters. The molecule has 110 valence electrons. The summed E-state index contributed by atoms with van der Waals surface area (Å²) >= 11 is 0. The average molecular weight is 287 g/mol. The quantitative estimate of drug-likeness (QED) is 0.778. The van der Waals surface area contributed by atoms with Crippen LogP contribution in [0.3, 0.4) is 0 Å². The molecule has 0 aliphatic rings. The monoisotopic (exact) mass is 287 g/mol. The van der Waals surface area contributed by atoms with Crippen molar-refractivity contribution in [1.29, 1.82) is 5.26 Å². The van der Waals surface area contributed by atoms with E-state index in [-0.39, 0.29) is 6.61 Å². The Hall–Kier alpha value is -2.55. The predicted octanol–water partition coefficient (Wildman–Crippen LogP) is 2.87. The molecule has 0 bridgehead atoms. The molecule has 2 aromatic rings. The van der Waals surface area contributed by atoms with Crippen molar-refractivity contribution in [3.63, 3.8) is 0 Å². The van der Waals surface area contributed by atoms with Gasteiger partial charge in [-0.15, -0.1) is 0 Å². The Labute approximate surface area is 123 Å². The van der Waals surface area contributed by atoms with E-state index in [2.05, 4.69) is 23.1 Å². The van der Waals surface area contributed by atoms with Gasteiger partial charge in [0.15, 0.2) is 23.9 Å². The molecule has 0 unspecified atom stereocenters. The Kier molecular flexibility index (Phi) is 5.16. The number of hydrogen-bond donors (Lipinski definition) is 0. The Morgan fingerprint density at radius 2 is 2.10 bits per heavy atom. The highest BCUT2D eigenvalue weighted by atomic mass is 16.5. The van der Waals surface area contributed by atoms with Crippen molar-refractivity contribution in [1.82, 2.24) is 10.1 Å². The van der Waals surface area contributed by atoms with Gasteiger partial charge in [-0.3, -0.25) is 0 Å². The standard InChI is InChI=1S/C15H17N3O3/c1-3-5-14-17-15(21-18-14)10-20-12-7-6-11(9-16)8-13(12)19-4-2/h6-8H,3-5,10H2,1-2H3. The molecule has 6 nitrogen and oxygen atoms in total. The first kappa shape index (κ1) is 14.9. The SMILES string of the molecule is CCCc1noc(COc2ccc(C#N)cc2OCC)n1. The van der Waals surface area contributed by atoms with E-state index in [1.807, 2.05) is 6.92 Å². The van der Waals surface area contributed by atoms with Crippen LogP contribution in [0.4, 0.5) is 0 Å². The molecule has 0 fully saturated rings. The second-order valence-corrected chi connectivity index (χ2v) is 4.35. The van der Waals surface area contributed by atoms with Gasteiger partial charge in [0.2, 0.25) is 0 Å². The molecule has 0 saturated heterocycles. The summed E-state index contributed by atoms with van der Waals surface area (Å²) in [5.74, 6) is 2.18. The summed E-state index contributed by atoms with van der Waals surface area (Å²) in [5.41, 5.74) is 0.522. The fourth-order valence-electron chi connectivity index (χ4n) is 1.78. The van der Waals surface area contributed by atoms with Crippen molar-refractivity contribution in [2.24, 2.45) is 0 Å². The molecule has 0 N–H and O–H groups in total. The second-order valence-electron chi connectivity index (χ2n) is 4.35. The minimum Gasteiger partial charge on any atom is -0.490 e. The lowest BCUT2D eigenvalue weighted by Crippen LogP contribution is -2.00. The van der Waals surface area contributed by atoms with E-state index in [1.165, 1.54) is 0 Å². The van der Waals surface area contributed by atoms with Gasteiger partial charge in [-0.05, 0) is 25.5 Å². The van der Waals surface area contributed by atoms with E-state index in [0.717, 1.165) is 12.8 Å². The van der Waals surface area contributed by atoms with Crippen molar-refractivity contribution >= 4 is 0 Å². The van der Waals surface area contributed by atoms with Crippen LogP contribution in [0.2, 0.25) is 0 Å². The normalized spacial score (nSPS) is 10.1. The summed E-state index contributed by atoms with van der Waals surface area (Å²) < 4.78 is 16.2. The Bertz CT molecular complexity index is 631. The number of nitriles is 1. The topological polar surface area (TPSA) is 81.2 Å². The van der Waals surface area contributed by atoms with Crippen LogP contribution in [0, 0.1) is 11.3 Å². The van der Waals surface area contributed by atoms with Crippen LogP contribution in [0.1, 0.15) is 37.5 Å². The second kappa shape index (κ2) is 7.29. The first-order chi connectivity index (χ1) is 10.3. The Morgan fingerprint density at radius 1 is 1.24 bits per heavy atom. The minimum atomic E-state index is 0.169. The third-order valence-electron chi connectivity index (χ3n) is 2.71.